The number of ether oxygens (including phenoxy) is 3. The van der Waals surface area contributed by atoms with Crippen molar-refractivity contribution >= 4 is 51.3 Å². The Morgan fingerprint density at radius 1 is 0.925 bits per heavy atom. The fourth-order valence-electron chi connectivity index (χ4n) is 9.93. The van der Waals surface area contributed by atoms with E-state index in [1.807, 2.05) is 84.9 Å². The van der Waals surface area contributed by atoms with Gasteiger partial charge in [0.05, 0.1) is 47.5 Å². The van der Waals surface area contributed by atoms with Gasteiger partial charge in [-0.15, -0.1) is 0 Å². The number of carbonyl (C=O) groups is 5. The molecule has 0 spiro atoms. The van der Waals surface area contributed by atoms with Crippen LogP contribution in [0.2, 0.25) is 0 Å². The molecule has 1 aliphatic heterocycles. The van der Waals surface area contributed by atoms with Crippen LogP contribution >= 0.6 is 21.6 Å². The number of aromatic nitrogens is 1. The van der Waals surface area contributed by atoms with Gasteiger partial charge >= 0.3 is 6.09 Å². The predicted molar refractivity (Wildman–Crippen MR) is 265 cm³/mol. The van der Waals surface area contributed by atoms with Crippen molar-refractivity contribution in [3.8, 4) is 0 Å². The summed E-state index contributed by atoms with van der Waals surface area (Å²) in [5.74, 6) is -2.47. The van der Waals surface area contributed by atoms with Crippen LogP contribution in [0.5, 0.6) is 0 Å². The summed E-state index contributed by atoms with van der Waals surface area (Å²) in [6.45, 7) is 15.7. The number of allylic oxidation sites excluding steroid dienone is 2. The van der Waals surface area contributed by atoms with Gasteiger partial charge < -0.3 is 39.8 Å². The lowest BCUT2D eigenvalue weighted by Crippen LogP contribution is -2.60. The topological polar surface area (TPSA) is 180 Å². The van der Waals surface area contributed by atoms with E-state index in [2.05, 4.69) is 15.6 Å². The molecule has 1 saturated heterocycles. The molecule has 4 rings (SSSR count). The molecule has 2 aliphatic carbocycles. The summed E-state index contributed by atoms with van der Waals surface area (Å²) < 4.78 is 18.1. The fourth-order valence-corrected chi connectivity index (χ4v) is 12.6. The van der Waals surface area contributed by atoms with E-state index >= 15 is 0 Å². The third-order valence-electron chi connectivity index (χ3n) is 13.8. The fraction of sp³-hybridized carbons (Fsp3) is 0.720. The van der Waals surface area contributed by atoms with E-state index in [9.17, 15) is 29.1 Å². The van der Waals surface area contributed by atoms with Crippen LogP contribution in [0.1, 0.15) is 113 Å². The maximum atomic E-state index is 14.7. The van der Waals surface area contributed by atoms with Gasteiger partial charge in [-0.3, -0.25) is 24.1 Å². The van der Waals surface area contributed by atoms with Crippen molar-refractivity contribution in [3.05, 3.63) is 48.7 Å². The van der Waals surface area contributed by atoms with Gasteiger partial charge in [-0.2, -0.15) is 0 Å². The first-order valence-corrected chi connectivity index (χ1v) is 26.5. The number of carbonyl (C=O) groups excluding carboxylic acids is 5. The standard InChI is InChI=1S/C50H80N6O9S2/c1-13-33(6)44(38(63-11)29-41(57)56-28-20-21-36(56)45(64-12)35(8)46(58)52-34(7)30-50(62)25-16-14-17-26-50)54(9)48(60)42(31(2)3)53-47(59)43(32(4)5)55(10)49(61)65-37-22-19-23-39(37)66-67-40-24-15-18-27-51-40/h14-18,24-25,27,31-39,42-45,62H,13,19-23,26,28-30H2,1-12H3,(H,52,58)(H,53,59)/t33-,34+,35+,36+,37+,38+,39+,42-,43-,44-,45+,50-/m0/s1. The summed E-state index contributed by atoms with van der Waals surface area (Å²) in [5, 5.41) is 18.0. The number of methoxy groups -OCH3 is 2. The van der Waals surface area contributed by atoms with Crippen LogP contribution in [-0.4, -0.2) is 149 Å². The molecule has 3 aliphatic rings. The maximum absolute atomic E-state index is 14.7. The zero-order valence-electron chi connectivity index (χ0n) is 42.0. The molecular weight excluding hydrogens is 893 g/mol. The van der Waals surface area contributed by atoms with E-state index in [0.717, 1.165) is 30.7 Å². The molecule has 67 heavy (non-hydrogen) atoms. The molecule has 0 bridgehead atoms. The normalized spacial score (nSPS) is 24.0. The molecule has 3 N–H and O–H groups in total. The van der Waals surface area contributed by atoms with E-state index < -0.39 is 53.9 Å². The minimum absolute atomic E-state index is 0.0164. The number of nitrogens with zero attached hydrogens (tertiary/aromatic N) is 4. The van der Waals surface area contributed by atoms with Crippen LogP contribution in [0.25, 0.3) is 0 Å². The number of rotatable bonds is 24. The largest absolute Gasteiger partial charge is 0.445 e. The molecule has 17 heteroatoms. The van der Waals surface area contributed by atoms with Crippen LogP contribution in [0.4, 0.5) is 4.79 Å². The van der Waals surface area contributed by atoms with Gasteiger partial charge in [0.25, 0.3) is 0 Å². The Kier molecular flexibility index (Phi) is 22.0. The number of pyridine rings is 1. The highest BCUT2D eigenvalue weighted by Gasteiger charge is 2.44. The number of aliphatic hydroxyl groups is 1. The summed E-state index contributed by atoms with van der Waals surface area (Å²) in [7, 11) is 9.58. The average molecular weight is 973 g/mol. The van der Waals surface area contributed by atoms with Gasteiger partial charge in [-0.05, 0) is 92.5 Å². The zero-order valence-corrected chi connectivity index (χ0v) is 43.6. The first-order chi connectivity index (χ1) is 31.8. The predicted octanol–water partition coefficient (Wildman–Crippen LogP) is 7.04. The second-order valence-corrected chi connectivity index (χ2v) is 22.0. The lowest BCUT2D eigenvalue weighted by atomic mass is 9.88. The summed E-state index contributed by atoms with van der Waals surface area (Å²) in [6, 6.07) is 2.70. The van der Waals surface area contributed by atoms with Gasteiger partial charge in [0.15, 0.2) is 0 Å². The van der Waals surface area contributed by atoms with Crippen LogP contribution < -0.4 is 10.6 Å². The molecule has 2 fully saturated rings. The molecule has 0 radical (unpaired) electrons. The number of nitrogens with one attached hydrogen (secondary N) is 2. The van der Waals surface area contributed by atoms with Crippen molar-refractivity contribution in [2.24, 2.45) is 23.7 Å². The third-order valence-corrected chi connectivity index (χ3v) is 16.6. The second-order valence-electron chi connectivity index (χ2n) is 19.6. The van der Waals surface area contributed by atoms with E-state index in [0.29, 0.717) is 32.2 Å². The minimum atomic E-state index is -1.03. The Morgan fingerprint density at radius 2 is 1.66 bits per heavy atom. The highest BCUT2D eigenvalue weighted by molar-refractivity contribution is 8.76. The zero-order chi connectivity index (χ0) is 49.6. The molecule has 12 atom stereocenters. The minimum Gasteiger partial charge on any atom is -0.445 e. The first kappa shape index (κ1) is 56.0. The Bertz CT molecular complexity index is 1840. The number of hydrogen-bond donors (Lipinski definition) is 3. The van der Waals surface area contributed by atoms with Gasteiger partial charge in [0.2, 0.25) is 23.6 Å². The number of amides is 5. The van der Waals surface area contributed by atoms with E-state index in [1.165, 1.54) is 4.90 Å². The Labute approximate surface area is 408 Å². The Morgan fingerprint density at radius 3 is 2.25 bits per heavy atom. The monoisotopic (exact) mass is 973 g/mol. The number of likely N-dealkylation sites (N-methyl/N-ethyl adjacent to an activating group) is 2. The SMILES string of the molecule is CC[C@H](C)[C@@H]([C@@H](CC(=O)N1CCC[C@@H]1[C@H](OC)[C@@H](C)C(=O)N[C@H](C)C[C@]1(O)C=CC=CC1)OC)N(C)C(=O)[C@@H](NC(=O)[C@H](C(C)C)N(C)C(=O)O[C@@H]1CCC[C@H]1SSc1ccccn1)C(C)C. The van der Waals surface area contributed by atoms with Crippen LogP contribution in [0.15, 0.2) is 53.7 Å². The molecule has 15 nitrogen and oxygen atoms in total. The smallest absolute Gasteiger partial charge is 0.410 e. The molecule has 376 valence electrons. The Balaban J connectivity index is 1.43. The summed E-state index contributed by atoms with van der Waals surface area (Å²) in [5.41, 5.74) is -1.03. The second kappa shape index (κ2) is 26.4. The molecule has 1 saturated carbocycles. The van der Waals surface area contributed by atoms with Gasteiger partial charge in [0.1, 0.15) is 23.2 Å². The van der Waals surface area contributed by atoms with Crippen molar-refractivity contribution < 1.29 is 43.3 Å². The molecule has 0 unspecified atom stereocenters. The highest BCUT2D eigenvalue weighted by Crippen LogP contribution is 2.42. The van der Waals surface area contributed by atoms with Crippen molar-refractivity contribution in [2.75, 3.05) is 34.9 Å². The lowest BCUT2D eigenvalue weighted by molar-refractivity contribution is -0.148. The molecule has 1 aromatic heterocycles. The molecular formula is C50H80N6O9S2. The van der Waals surface area contributed by atoms with Crippen LogP contribution in [-0.2, 0) is 33.4 Å². The van der Waals surface area contributed by atoms with Gasteiger partial charge in [-0.25, -0.2) is 9.78 Å². The third kappa shape index (κ3) is 15.2. The van der Waals surface area contributed by atoms with Crippen molar-refractivity contribution in [1.29, 1.82) is 0 Å². The molecule has 1 aromatic rings. The van der Waals surface area contributed by atoms with Gasteiger partial charge in [0, 0.05) is 47.1 Å². The quantitative estimate of drug-likeness (QED) is 0.0902. The Hall–Kier alpha value is -3.64. The number of hydrogen-bond acceptors (Lipinski definition) is 12. The summed E-state index contributed by atoms with van der Waals surface area (Å²) in [6.07, 6.45) is 12.4. The van der Waals surface area contributed by atoms with Crippen molar-refractivity contribution in [1.82, 2.24) is 30.3 Å². The molecule has 0 aromatic carbocycles. The van der Waals surface area contributed by atoms with E-state index in [4.69, 9.17) is 14.2 Å². The van der Waals surface area contributed by atoms with Gasteiger partial charge in [-0.1, -0.05) is 96.1 Å². The van der Waals surface area contributed by atoms with Crippen molar-refractivity contribution in [3.63, 3.8) is 0 Å². The average Bonchev–Trinajstić information content (AvgIpc) is 3.97. The molecule has 2 heterocycles. The number of likely N-dealkylation sites (tertiary alicyclic amines) is 1. The molecule has 5 amide bonds. The highest BCUT2D eigenvalue weighted by atomic mass is 33.1. The van der Waals surface area contributed by atoms with Crippen LogP contribution in [0.3, 0.4) is 0 Å². The van der Waals surface area contributed by atoms with Crippen LogP contribution in [0, 0.1) is 23.7 Å². The summed E-state index contributed by atoms with van der Waals surface area (Å²) >= 11 is 0. The lowest BCUT2D eigenvalue weighted by Gasteiger charge is -2.41. The maximum Gasteiger partial charge on any atom is 0.410 e. The summed E-state index contributed by atoms with van der Waals surface area (Å²) in [4.78, 5) is 79.8. The van der Waals surface area contributed by atoms with Crippen molar-refractivity contribution in [2.45, 2.75) is 178 Å². The van der Waals surface area contributed by atoms with E-state index in [-0.39, 0.29) is 65.3 Å². The first-order valence-electron chi connectivity index (χ1n) is 24.2. The van der Waals surface area contributed by atoms with E-state index in [1.54, 1.807) is 78.9 Å².